The molecule has 7 rings (SSSR count). The predicted molar refractivity (Wildman–Crippen MR) is 96.3 cm³/mol. The molecule has 2 heterocycles. The molecule has 0 unspecified atom stereocenters. The van der Waals surface area contributed by atoms with Crippen LogP contribution in [0.4, 0.5) is 0 Å². The zero-order valence-corrected chi connectivity index (χ0v) is 14.8. The molecule has 26 heavy (non-hydrogen) atoms. The summed E-state index contributed by atoms with van der Waals surface area (Å²) in [7, 11) is 0. The molecule has 5 heteroatoms. The molecule has 134 valence electrons. The van der Waals surface area contributed by atoms with Crippen molar-refractivity contribution in [3.8, 4) is 11.4 Å². The maximum atomic E-state index is 13.1. The lowest BCUT2D eigenvalue weighted by Gasteiger charge is -2.56. The van der Waals surface area contributed by atoms with Gasteiger partial charge in [-0.25, -0.2) is 4.98 Å². The highest BCUT2D eigenvalue weighted by Crippen LogP contribution is 2.55. The number of fused-ring (bicyclic) bond motifs is 3. The Morgan fingerprint density at radius 2 is 1.81 bits per heavy atom. The molecule has 0 radical (unpaired) electrons. The molecule has 1 amide bonds. The Morgan fingerprint density at radius 1 is 1.12 bits per heavy atom. The fourth-order valence-electron chi connectivity index (χ4n) is 6.40. The van der Waals surface area contributed by atoms with Gasteiger partial charge in [-0.3, -0.25) is 9.36 Å². The number of aromatic nitrogens is 2. The van der Waals surface area contributed by atoms with Crippen LogP contribution in [0, 0.1) is 17.8 Å². The first kappa shape index (κ1) is 14.8. The smallest absolute Gasteiger partial charge is 0.272 e. The van der Waals surface area contributed by atoms with Crippen molar-refractivity contribution in [1.29, 1.82) is 0 Å². The van der Waals surface area contributed by atoms with Gasteiger partial charge < -0.3 is 10.1 Å². The number of imidazole rings is 1. The third-order valence-electron chi connectivity index (χ3n) is 6.99. The standard InChI is InChI=1S/C21H23N3O2/c25-20(23-21-8-13-5-14(9-21)7-15(6-13)10-21)19-17-11-26-18-4-2-1-3-16(18)24(17)12-22-19/h1-4,12-15H,5-11H2,(H,23,25). The van der Waals surface area contributed by atoms with E-state index in [1.807, 2.05) is 28.8 Å². The zero-order chi connectivity index (χ0) is 17.3. The van der Waals surface area contributed by atoms with Crippen molar-refractivity contribution in [2.75, 3.05) is 0 Å². The van der Waals surface area contributed by atoms with Crippen LogP contribution in [0.2, 0.25) is 0 Å². The predicted octanol–water partition coefficient (Wildman–Crippen LogP) is 3.46. The summed E-state index contributed by atoms with van der Waals surface area (Å²) in [6, 6.07) is 7.89. The molecule has 0 atom stereocenters. The number of amides is 1. The molecule has 1 aliphatic heterocycles. The summed E-state index contributed by atoms with van der Waals surface area (Å²) in [4.78, 5) is 17.6. The van der Waals surface area contributed by atoms with Crippen molar-refractivity contribution in [3.63, 3.8) is 0 Å². The molecule has 1 aromatic carbocycles. The second-order valence-corrected chi connectivity index (χ2v) is 8.82. The number of para-hydroxylation sites is 2. The van der Waals surface area contributed by atoms with E-state index in [1.165, 1.54) is 19.3 Å². The molecular weight excluding hydrogens is 326 g/mol. The van der Waals surface area contributed by atoms with Crippen LogP contribution in [-0.2, 0) is 6.61 Å². The minimum Gasteiger partial charge on any atom is -0.485 e. The van der Waals surface area contributed by atoms with Gasteiger partial charge in [0.15, 0.2) is 5.69 Å². The van der Waals surface area contributed by atoms with Gasteiger partial charge in [0.25, 0.3) is 5.91 Å². The largest absolute Gasteiger partial charge is 0.485 e. The van der Waals surface area contributed by atoms with E-state index in [9.17, 15) is 4.79 Å². The maximum absolute atomic E-state index is 13.1. The molecule has 4 saturated carbocycles. The Morgan fingerprint density at radius 3 is 2.54 bits per heavy atom. The molecule has 1 aromatic heterocycles. The van der Waals surface area contributed by atoms with Gasteiger partial charge in [0.05, 0.1) is 11.4 Å². The van der Waals surface area contributed by atoms with E-state index < -0.39 is 0 Å². The lowest BCUT2D eigenvalue weighted by molar-refractivity contribution is -0.0168. The quantitative estimate of drug-likeness (QED) is 0.903. The molecule has 5 aliphatic rings. The van der Waals surface area contributed by atoms with Gasteiger partial charge in [0, 0.05) is 5.54 Å². The van der Waals surface area contributed by atoms with Crippen molar-refractivity contribution in [3.05, 3.63) is 42.0 Å². The first-order chi connectivity index (χ1) is 12.7. The summed E-state index contributed by atoms with van der Waals surface area (Å²) >= 11 is 0. The average molecular weight is 349 g/mol. The van der Waals surface area contributed by atoms with E-state index in [1.54, 1.807) is 6.33 Å². The lowest BCUT2D eigenvalue weighted by Crippen LogP contribution is -2.60. The first-order valence-electron chi connectivity index (χ1n) is 9.80. The summed E-state index contributed by atoms with van der Waals surface area (Å²) in [5.74, 6) is 3.25. The number of benzene rings is 1. The van der Waals surface area contributed by atoms with Crippen molar-refractivity contribution in [2.24, 2.45) is 17.8 Å². The minimum absolute atomic E-state index is 0.00969. The zero-order valence-electron chi connectivity index (χ0n) is 14.8. The van der Waals surface area contributed by atoms with E-state index in [0.29, 0.717) is 12.3 Å². The highest BCUT2D eigenvalue weighted by molar-refractivity contribution is 5.94. The number of hydrogen-bond donors (Lipinski definition) is 1. The number of rotatable bonds is 2. The summed E-state index contributed by atoms with van der Waals surface area (Å²) in [6.45, 7) is 0.390. The van der Waals surface area contributed by atoms with Gasteiger partial charge in [-0.1, -0.05) is 12.1 Å². The van der Waals surface area contributed by atoms with Gasteiger partial charge in [-0.2, -0.15) is 0 Å². The topological polar surface area (TPSA) is 56.2 Å². The van der Waals surface area contributed by atoms with E-state index >= 15 is 0 Å². The number of carbonyl (C=O) groups excluding carboxylic acids is 1. The van der Waals surface area contributed by atoms with Crippen LogP contribution in [0.5, 0.6) is 5.75 Å². The van der Waals surface area contributed by atoms with Crippen LogP contribution < -0.4 is 10.1 Å². The second-order valence-electron chi connectivity index (χ2n) is 8.82. The fourth-order valence-corrected chi connectivity index (χ4v) is 6.40. The van der Waals surface area contributed by atoms with Crippen LogP contribution in [0.15, 0.2) is 30.6 Å². The van der Waals surface area contributed by atoms with Crippen LogP contribution >= 0.6 is 0 Å². The highest BCUT2D eigenvalue weighted by Gasteiger charge is 2.51. The van der Waals surface area contributed by atoms with Crippen LogP contribution in [0.3, 0.4) is 0 Å². The monoisotopic (exact) mass is 349 g/mol. The molecule has 4 fully saturated rings. The van der Waals surface area contributed by atoms with Gasteiger partial charge in [0.1, 0.15) is 18.7 Å². The van der Waals surface area contributed by atoms with Crippen LogP contribution in [-0.4, -0.2) is 21.0 Å². The normalized spacial score (nSPS) is 33.3. The number of ether oxygens (including phenoxy) is 1. The SMILES string of the molecule is O=C(NC12CC3CC(CC(C3)C1)C2)c1ncn2c1COc1ccccc1-2. The molecular formula is C21H23N3O2. The first-order valence-corrected chi connectivity index (χ1v) is 9.80. The van der Waals surface area contributed by atoms with E-state index in [2.05, 4.69) is 10.3 Å². The average Bonchev–Trinajstić information content (AvgIpc) is 3.05. The van der Waals surface area contributed by atoms with E-state index in [0.717, 1.165) is 54.1 Å². The highest BCUT2D eigenvalue weighted by atomic mass is 16.5. The number of carbonyl (C=O) groups is 1. The van der Waals surface area contributed by atoms with Crippen LogP contribution in [0.1, 0.15) is 54.7 Å². The van der Waals surface area contributed by atoms with Gasteiger partial charge >= 0.3 is 0 Å². The lowest BCUT2D eigenvalue weighted by atomic mass is 9.53. The summed E-state index contributed by atoms with van der Waals surface area (Å²) in [5, 5.41) is 3.43. The van der Waals surface area contributed by atoms with Crippen molar-refractivity contribution in [2.45, 2.75) is 50.7 Å². The van der Waals surface area contributed by atoms with Crippen LogP contribution in [0.25, 0.3) is 5.69 Å². The van der Waals surface area contributed by atoms with Crippen molar-refractivity contribution >= 4 is 5.91 Å². The van der Waals surface area contributed by atoms with Gasteiger partial charge in [0.2, 0.25) is 0 Å². The van der Waals surface area contributed by atoms with E-state index in [4.69, 9.17) is 4.74 Å². The maximum Gasteiger partial charge on any atom is 0.272 e. The summed E-state index contributed by atoms with van der Waals surface area (Å²) < 4.78 is 7.85. The molecule has 2 aromatic rings. The van der Waals surface area contributed by atoms with E-state index in [-0.39, 0.29) is 11.4 Å². The molecule has 4 bridgehead atoms. The molecule has 0 saturated heterocycles. The van der Waals surface area contributed by atoms with Gasteiger partial charge in [-0.05, 0) is 68.4 Å². The molecule has 0 spiro atoms. The second kappa shape index (κ2) is 5.12. The third-order valence-corrected chi connectivity index (χ3v) is 6.99. The van der Waals surface area contributed by atoms with Gasteiger partial charge in [-0.15, -0.1) is 0 Å². The Labute approximate surface area is 152 Å². The Kier molecular flexibility index (Phi) is 2.92. The van der Waals surface area contributed by atoms with Crippen molar-refractivity contribution < 1.29 is 9.53 Å². The molecule has 4 aliphatic carbocycles. The molecule has 5 nitrogen and oxygen atoms in total. The Bertz CT molecular complexity index is 865. The third kappa shape index (κ3) is 2.09. The number of hydrogen-bond acceptors (Lipinski definition) is 3. The van der Waals surface area contributed by atoms with Crippen molar-refractivity contribution in [1.82, 2.24) is 14.9 Å². The minimum atomic E-state index is -0.0244. The molecule has 1 N–H and O–H groups in total. The summed E-state index contributed by atoms with van der Waals surface area (Å²) in [6.07, 6.45) is 9.34. The summed E-state index contributed by atoms with van der Waals surface area (Å²) in [5.41, 5.74) is 2.34. The Balaban J connectivity index is 1.31. The number of nitrogens with zero attached hydrogens (tertiary/aromatic N) is 2. The Hall–Kier alpha value is -2.30. The fraction of sp³-hybridized carbons (Fsp3) is 0.524. The number of nitrogens with one attached hydrogen (secondary N) is 1.